The number of aromatic nitrogens is 5. The third-order valence-corrected chi connectivity index (χ3v) is 6.12. The molecule has 1 amide bonds. The van der Waals surface area contributed by atoms with Crippen LogP contribution in [0.25, 0.3) is 5.69 Å². The summed E-state index contributed by atoms with van der Waals surface area (Å²) in [5.74, 6) is -0.140. The van der Waals surface area contributed by atoms with Crippen LogP contribution in [-0.4, -0.2) is 39.3 Å². The molecule has 0 saturated heterocycles. The SMILES string of the molecule is NS(=O)(=O)c1ccc(NC(=O)c2nnn(-c3ccccc3)c2CSc2ncccn2)cc1. The second kappa shape index (κ2) is 9.26. The summed E-state index contributed by atoms with van der Waals surface area (Å²) in [4.78, 5) is 21.3. The molecule has 10 nitrogen and oxygen atoms in total. The summed E-state index contributed by atoms with van der Waals surface area (Å²) in [6.07, 6.45) is 3.28. The predicted molar refractivity (Wildman–Crippen MR) is 119 cm³/mol. The van der Waals surface area contributed by atoms with E-state index in [9.17, 15) is 13.2 Å². The topological polar surface area (TPSA) is 146 Å². The quantitative estimate of drug-likeness (QED) is 0.311. The van der Waals surface area contributed by atoms with E-state index < -0.39 is 15.9 Å². The van der Waals surface area contributed by atoms with E-state index in [4.69, 9.17) is 5.14 Å². The number of nitrogens with two attached hydrogens (primary N) is 1. The molecule has 0 aliphatic carbocycles. The van der Waals surface area contributed by atoms with Crippen molar-refractivity contribution in [3.8, 4) is 5.69 Å². The number of nitrogens with one attached hydrogen (secondary N) is 1. The zero-order valence-corrected chi connectivity index (χ0v) is 18.1. The lowest BCUT2D eigenvalue weighted by Crippen LogP contribution is -2.16. The van der Waals surface area contributed by atoms with Crippen LogP contribution in [0.15, 0.2) is 83.1 Å². The second-order valence-electron chi connectivity index (χ2n) is 6.48. The molecule has 0 radical (unpaired) electrons. The Hall–Kier alpha value is -3.61. The molecular formula is C20H17N7O3S2. The van der Waals surface area contributed by atoms with Gasteiger partial charge in [-0.3, -0.25) is 4.79 Å². The van der Waals surface area contributed by atoms with Gasteiger partial charge in [0.25, 0.3) is 5.91 Å². The van der Waals surface area contributed by atoms with Crippen LogP contribution in [0, 0.1) is 0 Å². The molecule has 12 heteroatoms. The highest BCUT2D eigenvalue weighted by Crippen LogP contribution is 2.23. The molecule has 0 spiro atoms. The fourth-order valence-corrected chi connectivity index (χ4v) is 4.11. The molecule has 0 unspecified atom stereocenters. The summed E-state index contributed by atoms with van der Waals surface area (Å²) in [6.45, 7) is 0. The van der Waals surface area contributed by atoms with Gasteiger partial charge in [-0.1, -0.05) is 35.2 Å². The first-order valence-corrected chi connectivity index (χ1v) is 11.8. The molecule has 4 rings (SSSR count). The predicted octanol–water partition coefficient (Wildman–Crippen LogP) is 2.25. The lowest BCUT2D eigenvalue weighted by molar-refractivity contribution is 0.102. The Kier molecular flexibility index (Phi) is 6.25. The van der Waals surface area contributed by atoms with Crippen LogP contribution in [0.2, 0.25) is 0 Å². The standard InChI is InChI=1S/C20H17N7O3S2/c21-32(29,30)16-9-7-14(8-10-16)24-19(28)18-17(13-31-20-22-11-4-12-23-20)27(26-25-18)15-5-2-1-3-6-15/h1-12H,13H2,(H,24,28)(H2,21,29,30). The number of hydrogen-bond acceptors (Lipinski definition) is 8. The molecule has 2 aromatic heterocycles. The van der Waals surface area contributed by atoms with E-state index in [1.165, 1.54) is 36.0 Å². The van der Waals surface area contributed by atoms with Crippen LogP contribution in [-0.2, 0) is 15.8 Å². The van der Waals surface area contributed by atoms with Crippen molar-refractivity contribution in [2.24, 2.45) is 5.14 Å². The van der Waals surface area contributed by atoms with Gasteiger partial charge in [0.2, 0.25) is 10.0 Å². The molecule has 0 saturated carbocycles. The van der Waals surface area contributed by atoms with Gasteiger partial charge in [-0.25, -0.2) is 28.2 Å². The van der Waals surface area contributed by atoms with Gasteiger partial charge in [0.1, 0.15) is 0 Å². The number of hydrogen-bond donors (Lipinski definition) is 2. The van der Waals surface area contributed by atoms with E-state index in [2.05, 4.69) is 25.6 Å². The number of carbonyl (C=O) groups excluding carboxylic acids is 1. The van der Waals surface area contributed by atoms with Crippen LogP contribution < -0.4 is 10.5 Å². The Labute approximate surface area is 188 Å². The van der Waals surface area contributed by atoms with Crippen molar-refractivity contribution in [1.82, 2.24) is 25.0 Å². The van der Waals surface area contributed by atoms with Crippen LogP contribution in [0.5, 0.6) is 0 Å². The van der Waals surface area contributed by atoms with Crippen LogP contribution in [0.4, 0.5) is 5.69 Å². The van der Waals surface area contributed by atoms with E-state index in [1.807, 2.05) is 30.3 Å². The molecule has 0 aliphatic rings. The maximum absolute atomic E-state index is 13.0. The van der Waals surface area contributed by atoms with Crippen molar-refractivity contribution in [1.29, 1.82) is 0 Å². The molecule has 4 aromatic rings. The van der Waals surface area contributed by atoms with Gasteiger partial charge in [-0.05, 0) is 42.5 Å². The Balaban J connectivity index is 1.62. The van der Waals surface area contributed by atoms with Crippen LogP contribution in [0.3, 0.4) is 0 Å². The highest BCUT2D eigenvalue weighted by molar-refractivity contribution is 7.98. The zero-order chi connectivity index (χ0) is 22.6. The molecule has 162 valence electrons. The summed E-state index contributed by atoms with van der Waals surface area (Å²) < 4.78 is 24.4. The minimum Gasteiger partial charge on any atom is -0.321 e. The highest BCUT2D eigenvalue weighted by atomic mass is 32.2. The Morgan fingerprint density at radius 3 is 2.34 bits per heavy atom. The van der Waals surface area contributed by atoms with Gasteiger partial charge in [0, 0.05) is 23.8 Å². The van der Waals surface area contributed by atoms with Gasteiger partial charge in [0.05, 0.1) is 16.3 Å². The largest absolute Gasteiger partial charge is 0.321 e. The Bertz CT molecular complexity index is 1330. The van der Waals surface area contributed by atoms with Crippen molar-refractivity contribution < 1.29 is 13.2 Å². The summed E-state index contributed by atoms with van der Waals surface area (Å²) in [5.41, 5.74) is 1.84. The summed E-state index contributed by atoms with van der Waals surface area (Å²) in [7, 11) is -3.82. The van der Waals surface area contributed by atoms with Crippen LogP contribution in [0.1, 0.15) is 16.2 Å². The second-order valence-corrected chi connectivity index (χ2v) is 8.98. The van der Waals surface area contributed by atoms with Crippen LogP contribution >= 0.6 is 11.8 Å². The number of sulfonamides is 1. The molecule has 0 bridgehead atoms. The molecular weight excluding hydrogens is 450 g/mol. The van der Waals surface area contributed by atoms with Crippen molar-refractivity contribution >= 4 is 33.4 Å². The normalized spacial score (nSPS) is 11.3. The van der Waals surface area contributed by atoms with E-state index in [0.29, 0.717) is 22.3 Å². The number of benzene rings is 2. The molecule has 2 aromatic carbocycles. The number of anilines is 1. The minimum atomic E-state index is -3.82. The third kappa shape index (κ3) is 4.99. The van der Waals surface area contributed by atoms with Crippen molar-refractivity contribution in [3.63, 3.8) is 0 Å². The fourth-order valence-electron chi connectivity index (χ4n) is 2.80. The number of thioether (sulfide) groups is 1. The molecule has 32 heavy (non-hydrogen) atoms. The van der Waals surface area contributed by atoms with Gasteiger partial charge < -0.3 is 5.32 Å². The maximum atomic E-state index is 13.0. The minimum absolute atomic E-state index is 0.0505. The first kappa shape index (κ1) is 21.6. The lowest BCUT2D eigenvalue weighted by atomic mass is 10.2. The van der Waals surface area contributed by atoms with Gasteiger partial charge >= 0.3 is 0 Å². The number of amides is 1. The Morgan fingerprint density at radius 1 is 1.00 bits per heavy atom. The lowest BCUT2D eigenvalue weighted by Gasteiger charge is -2.08. The maximum Gasteiger partial charge on any atom is 0.278 e. The monoisotopic (exact) mass is 467 g/mol. The number of carbonyl (C=O) groups is 1. The molecule has 0 fully saturated rings. The number of nitrogens with zero attached hydrogens (tertiary/aromatic N) is 5. The Morgan fingerprint density at radius 2 is 1.69 bits per heavy atom. The van der Waals surface area contributed by atoms with E-state index >= 15 is 0 Å². The van der Waals surface area contributed by atoms with E-state index in [0.717, 1.165) is 5.69 Å². The number of para-hydroxylation sites is 1. The van der Waals surface area contributed by atoms with E-state index in [1.54, 1.807) is 23.1 Å². The van der Waals surface area contributed by atoms with Crippen molar-refractivity contribution in [2.75, 3.05) is 5.32 Å². The smallest absolute Gasteiger partial charge is 0.278 e. The van der Waals surface area contributed by atoms with Gasteiger partial charge in [0.15, 0.2) is 10.9 Å². The first-order valence-electron chi connectivity index (χ1n) is 9.26. The highest BCUT2D eigenvalue weighted by Gasteiger charge is 2.21. The summed E-state index contributed by atoms with van der Waals surface area (Å²) in [6, 6.07) is 16.6. The molecule has 2 heterocycles. The third-order valence-electron chi connectivity index (χ3n) is 4.30. The first-order chi connectivity index (χ1) is 15.4. The molecule has 0 aliphatic heterocycles. The van der Waals surface area contributed by atoms with Crippen molar-refractivity contribution in [2.45, 2.75) is 15.8 Å². The number of primary sulfonamides is 1. The van der Waals surface area contributed by atoms with E-state index in [-0.39, 0.29) is 10.6 Å². The average Bonchev–Trinajstić information content (AvgIpc) is 3.23. The molecule has 3 N–H and O–H groups in total. The average molecular weight is 468 g/mol. The summed E-state index contributed by atoms with van der Waals surface area (Å²) in [5, 5.41) is 16.6. The summed E-state index contributed by atoms with van der Waals surface area (Å²) >= 11 is 1.35. The van der Waals surface area contributed by atoms with Gasteiger partial charge in [-0.2, -0.15) is 0 Å². The molecule has 0 atom stereocenters. The zero-order valence-electron chi connectivity index (χ0n) is 16.5. The van der Waals surface area contributed by atoms with Gasteiger partial charge in [-0.15, -0.1) is 5.10 Å². The van der Waals surface area contributed by atoms with Crippen molar-refractivity contribution in [3.05, 3.63) is 84.4 Å². The fraction of sp³-hybridized carbons (Fsp3) is 0.0500. The number of rotatable bonds is 7.